The van der Waals surface area contributed by atoms with Crippen LogP contribution >= 0.6 is 50.5 Å². The van der Waals surface area contributed by atoms with Crippen LogP contribution in [0.5, 0.6) is 5.75 Å². The highest BCUT2D eigenvalue weighted by Crippen LogP contribution is 2.48. The van der Waals surface area contributed by atoms with Crippen LogP contribution in [0.4, 0.5) is 0 Å². The molecule has 1 aromatic heterocycles. The number of hydrogen-bond donors (Lipinski definition) is 0. The molecule has 0 saturated heterocycles. The van der Waals surface area contributed by atoms with Gasteiger partial charge in [-0.15, -0.1) is 22.9 Å². The van der Waals surface area contributed by atoms with Gasteiger partial charge in [0.2, 0.25) is 0 Å². The summed E-state index contributed by atoms with van der Waals surface area (Å²) in [6.45, 7) is 0.713. The zero-order valence-corrected chi connectivity index (χ0v) is 13.8. The van der Waals surface area contributed by atoms with Gasteiger partial charge in [0.1, 0.15) is 10.1 Å². The molecule has 2 atom stereocenters. The number of hydrogen-bond acceptors (Lipinski definition) is 2. The van der Waals surface area contributed by atoms with Gasteiger partial charge < -0.3 is 4.74 Å². The van der Waals surface area contributed by atoms with E-state index in [0.29, 0.717) is 6.61 Å². The molecule has 3 rings (SSSR count). The molecular formula is C14H11BrCl2OS. The molecule has 0 radical (unpaired) electrons. The van der Waals surface area contributed by atoms with Crippen molar-refractivity contribution in [3.05, 3.63) is 49.6 Å². The van der Waals surface area contributed by atoms with Crippen LogP contribution in [0.3, 0.4) is 0 Å². The Bertz CT molecular complexity index is 579. The van der Waals surface area contributed by atoms with E-state index < -0.39 is 0 Å². The third-order valence-corrected chi connectivity index (χ3v) is 6.52. The minimum atomic E-state index is -0.0705. The van der Waals surface area contributed by atoms with Crippen LogP contribution < -0.4 is 4.74 Å². The number of para-hydroxylation sites is 1. The molecule has 2 heterocycles. The minimum Gasteiger partial charge on any atom is -0.493 e. The lowest BCUT2D eigenvalue weighted by atomic mass is 9.89. The quantitative estimate of drug-likeness (QED) is 0.582. The van der Waals surface area contributed by atoms with Gasteiger partial charge in [-0.1, -0.05) is 29.8 Å². The average Bonchev–Trinajstić information content (AvgIpc) is 2.77. The number of alkyl halides is 1. The summed E-state index contributed by atoms with van der Waals surface area (Å²) in [6.07, 6.45) is 0.929. The summed E-state index contributed by atoms with van der Waals surface area (Å²) in [7, 11) is 0. The molecule has 1 nitrogen and oxygen atoms in total. The zero-order valence-electron chi connectivity index (χ0n) is 9.91. The average molecular weight is 378 g/mol. The van der Waals surface area contributed by atoms with Crippen LogP contribution in [-0.4, -0.2) is 6.61 Å². The summed E-state index contributed by atoms with van der Waals surface area (Å²) in [5.74, 6) is 1.22. The molecule has 0 N–H and O–H groups in total. The maximum Gasteiger partial charge on any atom is 0.122 e. The molecule has 2 unspecified atom stereocenters. The first-order chi connectivity index (χ1) is 9.16. The van der Waals surface area contributed by atoms with Crippen molar-refractivity contribution in [1.29, 1.82) is 0 Å². The molecule has 2 aromatic rings. The lowest BCUT2D eigenvalue weighted by Crippen LogP contribution is -2.17. The van der Waals surface area contributed by atoms with Crippen LogP contribution in [0.25, 0.3) is 0 Å². The van der Waals surface area contributed by atoms with E-state index >= 15 is 0 Å². The Labute approximate surface area is 134 Å². The van der Waals surface area contributed by atoms with E-state index in [1.165, 1.54) is 16.9 Å². The topological polar surface area (TPSA) is 9.23 Å². The highest BCUT2D eigenvalue weighted by atomic mass is 79.9. The van der Waals surface area contributed by atoms with Gasteiger partial charge in [0.15, 0.2) is 0 Å². The predicted molar refractivity (Wildman–Crippen MR) is 84.9 cm³/mol. The number of ether oxygens (including phenoxy) is 1. The Kier molecular flexibility index (Phi) is 4.08. The summed E-state index contributed by atoms with van der Waals surface area (Å²) in [5, 5.41) is -0.0705. The first-order valence-electron chi connectivity index (χ1n) is 5.97. The monoisotopic (exact) mass is 376 g/mol. The van der Waals surface area contributed by atoms with E-state index in [9.17, 15) is 0 Å². The highest BCUT2D eigenvalue weighted by molar-refractivity contribution is 9.10. The van der Waals surface area contributed by atoms with Crippen molar-refractivity contribution in [2.24, 2.45) is 0 Å². The Morgan fingerprint density at radius 2 is 2.16 bits per heavy atom. The van der Waals surface area contributed by atoms with Gasteiger partial charge in [-0.3, -0.25) is 0 Å². The summed E-state index contributed by atoms with van der Waals surface area (Å²) in [4.78, 5) is 1.10. The van der Waals surface area contributed by atoms with Crippen molar-refractivity contribution in [3.63, 3.8) is 0 Å². The van der Waals surface area contributed by atoms with Crippen LogP contribution in [0.15, 0.2) is 34.8 Å². The van der Waals surface area contributed by atoms with Gasteiger partial charge >= 0.3 is 0 Å². The maximum absolute atomic E-state index is 6.67. The van der Waals surface area contributed by atoms with Crippen LogP contribution in [0.2, 0.25) is 4.34 Å². The molecule has 0 spiro atoms. The highest BCUT2D eigenvalue weighted by Gasteiger charge is 2.29. The molecular weight excluding hydrogens is 367 g/mol. The number of halogens is 3. The van der Waals surface area contributed by atoms with Crippen LogP contribution in [-0.2, 0) is 0 Å². The number of rotatable bonds is 2. The van der Waals surface area contributed by atoms with E-state index in [0.717, 1.165) is 25.9 Å². The fourth-order valence-electron chi connectivity index (χ4n) is 2.37. The van der Waals surface area contributed by atoms with Crippen LogP contribution in [0, 0.1) is 0 Å². The molecule has 0 saturated carbocycles. The predicted octanol–water partition coefficient (Wildman–Crippen LogP) is 6.01. The first kappa shape index (κ1) is 13.7. The van der Waals surface area contributed by atoms with Gasteiger partial charge in [-0.25, -0.2) is 0 Å². The van der Waals surface area contributed by atoms with E-state index in [4.69, 9.17) is 27.9 Å². The Hall–Kier alpha value is -0.220. The van der Waals surface area contributed by atoms with Crippen molar-refractivity contribution >= 4 is 50.5 Å². The first-order valence-corrected chi connectivity index (χ1v) is 8.39. The van der Waals surface area contributed by atoms with E-state index in [1.54, 1.807) is 0 Å². The molecule has 1 aromatic carbocycles. The number of benzene rings is 1. The standard InChI is InChI=1S/C14H11BrCl2OS/c15-10-7-12(19-14(10)17)13(16)9-5-6-18-11-4-2-1-3-8(9)11/h1-4,7,9,13H,5-6H2. The fourth-order valence-corrected chi connectivity index (χ4v) is 4.61. The van der Waals surface area contributed by atoms with E-state index in [2.05, 4.69) is 22.0 Å². The number of thiophene rings is 1. The Morgan fingerprint density at radius 3 is 2.89 bits per heavy atom. The third-order valence-electron chi connectivity index (χ3n) is 3.29. The van der Waals surface area contributed by atoms with Gasteiger partial charge in [0.05, 0.1) is 12.0 Å². The fraction of sp³-hybridized carbons (Fsp3) is 0.286. The van der Waals surface area contributed by atoms with Crippen LogP contribution in [0.1, 0.15) is 28.2 Å². The lowest BCUT2D eigenvalue weighted by Gasteiger charge is -2.28. The van der Waals surface area contributed by atoms with Gasteiger partial charge in [0, 0.05) is 15.3 Å². The molecule has 0 fully saturated rings. The molecule has 0 amide bonds. The second-order valence-electron chi connectivity index (χ2n) is 4.45. The second-order valence-corrected chi connectivity index (χ2v) is 7.46. The summed E-state index contributed by atoms with van der Waals surface area (Å²) in [5.41, 5.74) is 1.19. The molecule has 0 aliphatic carbocycles. The number of fused-ring (bicyclic) bond motifs is 1. The van der Waals surface area contributed by atoms with Crippen molar-refractivity contribution in [1.82, 2.24) is 0 Å². The molecule has 1 aliphatic heterocycles. The summed E-state index contributed by atoms with van der Waals surface area (Å²) >= 11 is 17.7. The smallest absolute Gasteiger partial charge is 0.122 e. The minimum absolute atomic E-state index is 0.0705. The molecule has 1 aliphatic rings. The Morgan fingerprint density at radius 1 is 1.37 bits per heavy atom. The summed E-state index contributed by atoms with van der Waals surface area (Å²) < 4.78 is 7.35. The maximum atomic E-state index is 6.67. The van der Waals surface area contributed by atoms with Crippen molar-refractivity contribution in [2.75, 3.05) is 6.61 Å². The van der Waals surface area contributed by atoms with Crippen molar-refractivity contribution < 1.29 is 4.74 Å². The van der Waals surface area contributed by atoms with E-state index in [-0.39, 0.29) is 11.3 Å². The van der Waals surface area contributed by atoms with Crippen molar-refractivity contribution in [2.45, 2.75) is 17.7 Å². The largest absolute Gasteiger partial charge is 0.493 e. The van der Waals surface area contributed by atoms with Gasteiger partial charge in [-0.2, -0.15) is 0 Å². The van der Waals surface area contributed by atoms with Gasteiger partial charge in [-0.05, 0) is 40.0 Å². The SMILES string of the molecule is Clc1sc(C(Cl)C2CCOc3ccccc32)cc1Br. The normalized spacial score (nSPS) is 19.6. The summed E-state index contributed by atoms with van der Waals surface area (Å²) in [6, 6.07) is 10.1. The Balaban J connectivity index is 1.95. The second kappa shape index (κ2) is 5.65. The van der Waals surface area contributed by atoms with Gasteiger partial charge in [0.25, 0.3) is 0 Å². The third kappa shape index (κ3) is 2.66. The van der Waals surface area contributed by atoms with Crippen molar-refractivity contribution in [3.8, 4) is 5.75 Å². The molecule has 19 heavy (non-hydrogen) atoms. The molecule has 5 heteroatoms. The zero-order chi connectivity index (χ0) is 13.4. The van der Waals surface area contributed by atoms with E-state index in [1.807, 2.05) is 24.3 Å². The molecule has 0 bridgehead atoms. The lowest BCUT2D eigenvalue weighted by molar-refractivity contribution is 0.265. The molecule has 100 valence electrons.